The first kappa shape index (κ1) is 18.4. The standard InChI is InChI=1S/C23H34FNO/c1-17(19-4-3-5-20(24)16-19)23-14-12-22(25-23,13-15-23)11-10-18-6-8-21(26-2)9-7-18/h3-5,16-18,21,25H,6-15H2,1-2H3/t17-,18?,21?,22?,23?/m1/s1. The second-order valence-corrected chi connectivity index (χ2v) is 9.26. The molecule has 0 aromatic heterocycles. The van der Waals surface area contributed by atoms with Crippen LogP contribution in [0.2, 0.25) is 0 Å². The molecular weight excluding hydrogens is 325 g/mol. The SMILES string of the molecule is COC1CCC(CCC23CCC([C@H](C)c4cccc(F)c4)(CC2)N3)CC1. The lowest BCUT2D eigenvalue weighted by molar-refractivity contribution is 0.0540. The molecule has 3 fully saturated rings. The predicted molar refractivity (Wildman–Crippen MR) is 104 cm³/mol. The third-order valence-electron chi connectivity index (χ3n) is 7.95. The highest BCUT2D eigenvalue weighted by atomic mass is 19.1. The molecular formula is C23H34FNO. The molecule has 0 amide bonds. The average molecular weight is 360 g/mol. The Labute approximate surface area is 157 Å². The Hall–Kier alpha value is -0.930. The molecule has 2 aliphatic heterocycles. The van der Waals surface area contributed by atoms with Gasteiger partial charge in [-0.25, -0.2) is 4.39 Å². The van der Waals surface area contributed by atoms with Gasteiger partial charge in [0.1, 0.15) is 5.82 Å². The van der Waals surface area contributed by atoms with Crippen LogP contribution in [0.4, 0.5) is 4.39 Å². The number of rotatable bonds is 6. The maximum atomic E-state index is 13.7. The van der Waals surface area contributed by atoms with Crippen LogP contribution in [-0.4, -0.2) is 24.3 Å². The fraction of sp³-hybridized carbons (Fsp3) is 0.739. The molecule has 26 heavy (non-hydrogen) atoms. The molecule has 1 aromatic rings. The molecule has 1 N–H and O–H groups in total. The van der Waals surface area contributed by atoms with Crippen molar-refractivity contribution in [1.82, 2.24) is 5.32 Å². The lowest BCUT2D eigenvalue weighted by Crippen LogP contribution is -2.45. The number of methoxy groups -OCH3 is 1. The molecule has 0 radical (unpaired) electrons. The van der Waals surface area contributed by atoms with E-state index in [0.717, 1.165) is 11.5 Å². The average Bonchev–Trinajstić information content (AvgIpc) is 3.24. The highest BCUT2D eigenvalue weighted by molar-refractivity contribution is 5.28. The topological polar surface area (TPSA) is 21.3 Å². The largest absolute Gasteiger partial charge is 0.381 e. The molecule has 2 saturated heterocycles. The molecule has 3 aliphatic rings. The van der Waals surface area contributed by atoms with E-state index in [4.69, 9.17) is 4.74 Å². The van der Waals surface area contributed by atoms with Crippen LogP contribution in [0.25, 0.3) is 0 Å². The Bertz CT molecular complexity index is 614. The molecule has 0 unspecified atom stereocenters. The van der Waals surface area contributed by atoms with E-state index in [0.29, 0.717) is 17.6 Å². The number of hydrogen-bond donors (Lipinski definition) is 1. The van der Waals surface area contributed by atoms with Gasteiger partial charge >= 0.3 is 0 Å². The number of benzene rings is 1. The van der Waals surface area contributed by atoms with Crippen LogP contribution in [0.3, 0.4) is 0 Å². The summed E-state index contributed by atoms with van der Waals surface area (Å²) in [6.45, 7) is 2.29. The fourth-order valence-corrected chi connectivity index (χ4v) is 6.04. The maximum absolute atomic E-state index is 13.7. The monoisotopic (exact) mass is 359 g/mol. The molecule has 0 spiro atoms. The third-order valence-corrected chi connectivity index (χ3v) is 7.95. The van der Waals surface area contributed by atoms with Crippen molar-refractivity contribution in [2.75, 3.05) is 7.11 Å². The van der Waals surface area contributed by atoms with E-state index < -0.39 is 0 Å². The Kier molecular flexibility index (Phi) is 5.13. The predicted octanol–water partition coefficient (Wildman–Crippen LogP) is 5.57. The Balaban J connectivity index is 1.36. The van der Waals surface area contributed by atoms with E-state index in [9.17, 15) is 4.39 Å². The molecule has 1 aliphatic carbocycles. The van der Waals surface area contributed by atoms with E-state index in [1.807, 2.05) is 13.2 Å². The van der Waals surface area contributed by atoms with Gasteiger partial charge in [0, 0.05) is 18.2 Å². The molecule has 1 aromatic carbocycles. The van der Waals surface area contributed by atoms with E-state index in [-0.39, 0.29) is 11.4 Å². The summed E-state index contributed by atoms with van der Waals surface area (Å²) in [6.07, 6.45) is 13.4. The van der Waals surface area contributed by atoms with Crippen molar-refractivity contribution in [1.29, 1.82) is 0 Å². The summed E-state index contributed by atoms with van der Waals surface area (Å²) in [6, 6.07) is 7.23. The molecule has 2 bridgehead atoms. The van der Waals surface area contributed by atoms with Crippen LogP contribution < -0.4 is 5.32 Å². The van der Waals surface area contributed by atoms with E-state index in [2.05, 4.69) is 18.3 Å². The van der Waals surface area contributed by atoms with Crippen LogP contribution in [0.5, 0.6) is 0 Å². The Morgan fingerprint density at radius 2 is 1.88 bits per heavy atom. The fourth-order valence-electron chi connectivity index (χ4n) is 6.04. The van der Waals surface area contributed by atoms with Crippen molar-refractivity contribution in [2.45, 2.75) is 94.2 Å². The second-order valence-electron chi connectivity index (χ2n) is 9.26. The third kappa shape index (κ3) is 3.45. The number of hydrogen-bond acceptors (Lipinski definition) is 2. The summed E-state index contributed by atoms with van der Waals surface area (Å²) in [5, 5.41) is 4.08. The lowest BCUT2D eigenvalue weighted by atomic mass is 9.72. The van der Waals surface area contributed by atoms with Gasteiger partial charge in [-0.15, -0.1) is 0 Å². The normalized spacial score (nSPS) is 37.8. The highest BCUT2D eigenvalue weighted by Crippen LogP contribution is 2.53. The smallest absolute Gasteiger partial charge is 0.123 e. The summed E-state index contributed by atoms with van der Waals surface area (Å²) >= 11 is 0. The van der Waals surface area contributed by atoms with E-state index in [1.54, 1.807) is 12.1 Å². The van der Waals surface area contributed by atoms with Crippen molar-refractivity contribution in [2.24, 2.45) is 5.92 Å². The van der Waals surface area contributed by atoms with Gasteiger partial charge in [-0.1, -0.05) is 19.1 Å². The van der Waals surface area contributed by atoms with Gasteiger partial charge in [0.25, 0.3) is 0 Å². The molecule has 1 atom stereocenters. The molecule has 3 heteroatoms. The van der Waals surface area contributed by atoms with Crippen LogP contribution in [0.1, 0.15) is 82.6 Å². The summed E-state index contributed by atoms with van der Waals surface area (Å²) in [5.74, 6) is 1.15. The van der Waals surface area contributed by atoms with E-state index in [1.165, 1.54) is 64.2 Å². The summed E-state index contributed by atoms with van der Waals surface area (Å²) in [5.41, 5.74) is 1.68. The van der Waals surface area contributed by atoms with Gasteiger partial charge in [-0.05, 0) is 93.7 Å². The highest BCUT2D eigenvalue weighted by Gasteiger charge is 2.55. The first-order valence-electron chi connectivity index (χ1n) is 10.6. The zero-order valence-corrected chi connectivity index (χ0v) is 16.4. The van der Waals surface area contributed by atoms with Gasteiger partial charge in [0.15, 0.2) is 0 Å². The maximum Gasteiger partial charge on any atom is 0.123 e. The first-order chi connectivity index (χ1) is 12.5. The van der Waals surface area contributed by atoms with Crippen molar-refractivity contribution in [3.05, 3.63) is 35.6 Å². The van der Waals surface area contributed by atoms with Gasteiger partial charge in [-0.3, -0.25) is 0 Å². The van der Waals surface area contributed by atoms with E-state index >= 15 is 0 Å². The van der Waals surface area contributed by atoms with Crippen molar-refractivity contribution < 1.29 is 9.13 Å². The zero-order chi connectivity index (χ0) is 18.2. The van der Waals surface area contributed by atoms with Gasteiger partial charge in [0.05, 0.1) is 6.10 Å². The van der Waals surface area contributed by atoms with Crippen molar-refractivity contribution in [3.63, 3.8) is 0 Å². The quantitative estimate of drug-likeness (QED) is 0.717. The summed E-state index contributed by atoms with van der Waals surface area (Å²) < 4.78 is 19.2. The van der Waals surface area contributed by atoms with Crippen molar-refractivity contribution in [3.8, 4) is 0 Å². The van der Waals surface area contributed by atoms with Gasteiger partial charge in [0.2, 0.25) is 0 Å². The van der Waals surface area contributed by atoms with Crippen molar-refractivity contribution >= 4 is 0 Å². The minimum absolute atomic E-state index is 0.111. The molecule has 1 saturated carbocycles. The van der Waals surface area contributed by atoms with Crippen LogP contribution in [0.15, 0.2) is 24.3 Å². The molecule has 2 heterocycles. The molecule has 144 valence electrons. The number of nitrogens with one attached hydrogen (secondary N) is 1. The van der Waals surface area contributed by atoms with Gasteiger partial charge in [-0.2, -0.15) is 0 Å². The van der Waals surface area contributed by atoms with Crippen LogP contribution >= 0.6 is 0 Å². The number of fused-ring (bicyclic) bond motifs is 2. The lowest BCUT2D eigenvalue weighted by Gasteiger charge is -2.33. The Morgan fingerprint density at radius 3 is 2.54 bits per heavy atom. The number of halogens is 1. The summed E-state index contributed by atoms with van der Waals surface area (Å²) in [4.78, 5) is 0. The summed E-state index contributed by atoms with van der Waals surface area (Å²) in [7, 11) is 1.85. The second kappa shape index (κ2) is 7.24. The first-order valence-corrected chi connectivity index (χ1v) is 10.6. The van der Waals surface area contributed by atoms with Crippen LogP contribution in [0, 0.1) is 11.7 Å². The minimum Gasteiger partial charge on any atom is -0.381 e. The van der Waals surface area contributed by atoms with Gasteiger partial charge < -0.3 is 10.1 Å². The molecule has 2 nitrogen and oxygen atoms in total. The number of ether oxygens (including phenoxy) is 1. The zero-order valence-electron chi connectivity index (χ0n) is 16.4. The Morgan fingerprint density at radius 1 is 1.15 bits per heavy atom. The minimum atomic E-state index is -0.111. The molecule has 4 rings (SSSR count). The van der Waals surface area contributed by atoms with Crippen LogP contribution in [-0.2, 0) is 4.74 Å².